The summed E-state index contributed by atoms with van der Waals surface area (Å²) in [7, 11) is 1.71. The first-order valence-corrected chi connectivity index (χ1v) is 7.01. The second kappa shape index (κ2) is 3.65. The smallest absolute Gasteiger partial charge is 0.132 e. The number of ether oxygens (including phenoxy) is 1. The van der Waals surface area contributed by atoms with Gasteiger partial charge in [0.05, 0.1) is 18.7 Å². The Bertz CT molecular complexity index is 642. The normalized spacial score (nSPS) is 23.8. The first kappa shape index (κ1) is 11.1. The molecule has 0 radical (unpaired) electrons. The topological polar surface area (TPSA) is 39.1 Å². The molecule has 1 atom stereocenters. The number of benzene rings is 1. The van der Waals surface area contributed by atoms with E-state index in [1.807, 2.05) is 12.1 Å². The summed E-state index contributed by atoms with van der Waals surface area (Å²) in [6, 6.07) is 6.66. The number of methoxy groups -OCH3 is 1. The van der Waals surface area contributed by atoms with Crippen LogP contribution in [0.2, 0.25) is 0 Å². The molecule has 4 heteroatoms. The second-order valence-corrected chi connectivity index (χ2v) is 6.06. The Morgan fingerprint density at radius 2 is 2.26 bits per heavy atom. The maximum absolute atomic E-state index is 5.32. The van der Waals surface area contributed by atoms with Crippen molar-refractivity contribution in [1.29, 1.82) is 0 Å². The highest BCUT2D eigenvalue weighted by atomic mass is 16.5. The molecular weight excluding hydrogens is 238 g/mol. The highest BCUT2D eigenvalue weighted by Crippen LogP contribution is 2.56. The molecule has 0 bridgehead atoms. The van der Waals surface area contributed by atoms with Gasteiger partial charge in [-0.05, 0) is 42.9 Å². The van der Waals surface area contributed by atoms with E-state index in [2.05, 4.69) is 23.0 Å². The van der Waals surface area contributed by atoms with Crippen molar-refractivity contribution >= 4 is 16.7 Å². The number of fused-ring (bicyclic) bond motifs is 3. The first-order chi connectivity index (χ1) is 9.21. The standard InChI is InChI=1S/C15H19N3O/c1-15(6-7-15)13-5-8-16-14-11-9-10(19-2)3-4-12(11)17-18(13)14/h3-4,9,13,16H,5-8H2,1-2H3. The number of anilines is 1. The summed E-state index contributed by atoms with van der Waals surface area (Å²) in [5.74, 6) is 2.06. The molecule has 1 saturated carbocycles. The molecule has 1 aliphatic carbocycles. The SMILES string of the molecule is COc1ccc2nn3c(c2c1)NCCC3C1(C)CC1. The van der Waals surface area contributed by atoms with Crippen LogP contribution in [0.5, 0.6) is 5.75 Å². The van der Waals surface area contributed by atoms with Crippen LogP contribution in [0.25, 0.3) is 10.9 Å². The molecule has 1 unspecified atom stereocenters. The summed E-state index contributed by atoms with van der Waals surface area (Å²) in [6.45, 7) is 3.43. The Balaban J connectivity index is 1.89. The van der Waals surface area contributed by atoms with E-state index in [9.17, 15) is 0 Å². The Kier molecular flexibility index (Phi) is 2.14. The maximum Gasteiger partial charge on any atom is 0.132 e. The van der Waals surface area contributed by atoms with Gasteiger partial charge in [-0.3, -0.25) is 0 Å². The Morgan fingerprint density at radius 3 is 3.00 bits per heavy atom. The van der Waals surface area contributed by atoms with Crippen molar-refractivity contribution in [1.82, 2.24) is 9.78 Å². The van der Waals surface area contributed by atoms with Gasteiger partial charge in [-0.25, -0.2) is 4.68 Å². The Labute approximate surface area is 112 Å². The van der Waals surface area contributed by atoms with Gasteiger partial charge >= 0.3 is 0 Å². The predicted octanol–water partition coefficient (Wildman–Crippen LogP) is 3.20. The number of aromatic nitrogens is 2. The molecule has 2 aromatic rings. The van der Waals surface area contributed by atoms with E-state index in [0.29, 0.717) is 11.5 Å². The minimum absolute atomic E-state index is 0.461. The average Bonchev–Trinajstić information content (AvgIpc) is 3.08. The summed E-state index contributed by atoms with van der Waals surface area (Å²) in [5, 5.41) is 9.50. The Hall–Kier alpha value is -1.71. The van der Waals surface area contributed by atoms with Gasteiger partial charge in [0.25, 0.3) is 0 Å². The second-order valence-electron chi connectivity index (χ2n) is 6.06. The number of hydrogen-bond acceptors (Lipinski definition) is 3. The summed E-state index contributed by atoms with van der Waals surface area (Å²) < 4.78 is 7.55. The summed E-state index contributed by atoms with van der Waals surface area (Å²) in [4.78, 5) is 0. The third kappa shape index (κ3) is 1.55. The summed E-state index contributed by atoms with van der Waals surface area (Å²) in [5.41, 5.74) is 1.52. The predicted molar refractivity (Wildman–Crippen MR) is 75.8 cm³/mol. The van der Waals surface area contributed by atoms with Crippen molar-refractivity contribution in [2.75, 3.05) is 19.0 Å². The van der Waals surface area contributed by atoms with Gasteiger partial charge in [-0.15, -0.1) is 0 Å². The molecule has 1 fully saturated rings. The van der Waals surface area contributed by atoms with Crippen LogP contribution in [0.1, 0.15) is 32.2 Å². The molecule has 0 amide bonds. The van der Waals surface area contributed by atoms with E-state index < -0.39 is 0 Å². The molecule has 1 aromatic carbocycles. The fourth-order valence-corrected chi connectivity index (χ4v) is 3.23. The molecule has 100 valence electrons. The van der Waals surface area contributed by atoms with Crippen molar-refractivity contribution < 1.29 is 4.74 Å². The molecule has 1 N–H and O–H groups in total. The molecule has 1 aliphatic heterocycles. The van der Waals surface area contributed by atoms with E-state index in [0.717, 1.165) is 17.8 Å². The molecular formula is C15H19N3O. The van der Waals surface area contributed by atoms with Crippen LogP contribution in [0.3, 0.4) is 0 Å². The van der Waals surface area contributed by atoms with E-state index >= 15 is 0 Å². The van der Waals surface area contributed by atoms with Crippen LogP contribution in [0.4, 0.5) is 5.82 Å². The van der Waals surface area contributed by atoms with Gasteiger partial charge in [-0.1, -0.05) is 6.92 Å². The third-order valence-corrected chi connectivity index (χ3v) is 4.75. The monoisotopic (exact) mass is 257 g/mol. The highest BCUT2D eigenvalue weighted by Gasteiger charge is 2.47. The van der Waals surface area contributed by atoms with Gasteiger partial charge in [0.2, 0.25) is 0 Å². The Morgan fingerprint density at radius 1 is 1.42 bits per heavy atom. The molecule has 19 heavy (non-hydrogen) atoms. The zero-order valence-corrected chi connectivity index (χ0v) is 11.4. The fourth-order valence-electron chi connectivity index (χ4n) is 3.23. The first-order valence-electron chi connectivity index (χ1n) is 7.01. The van der Waals surface area contributed by atoms with Gasteiger partial charge in [0.15, 0.2) is 0 Å². The molecule has 2 heterocycles. The lowest BCUT2D eigenvalue weighted by molar-refractivity contribution is 0.286. The van der Waals surface area contributed by atoms with E-state index in [1.165, 1.54) is 30.5 Å². The van der Waals surface area contributed by atoms with Crippen molar-refractivity contribution in [3.8, 4) is 5.75 Å². The quantitative estimate of drug-likeness (QED) is 0.898. The molecule has 4 nitrogen and oxygen atoms in total. The number of rotatable bonds is 2. The number of nitrogens with one attached hydrogen (secondary N) is 1. The van der Waals surface area contributed by atoms with Crippen molar-refractivity contribution in [2.24, 2.45) is 5.41 Å². The van der Waals surface area contributed by atoms with Crippen molar-refractivity contribution in [3.63, 3.8) is 0 Å². The van der Waals surface area contributed by atoms with Gasteiger partial charge in [-0.2, -0.15) is 5.10 Å². The van der Waals surface area contributed by atoms with Crippen molar-refractivity contribution in [2.45, 2.75) is 32.2 Å². The van der Waals surface area contributed by atoms with E-state index in [4.69, 9.17) is 9.84 Å². The van der Waals surface area contributed by atoms with Crippen LogP contribution in [-0.4, -0.2) is 23.4 Å². The van der Waals surface area contributed by atoms with E-state index in [-0.39, 0.29) is 0 Å². The minimum atomic E-state index is 0.461. The van der Waals surface area contributed by atoms with Crippen LogP contribution in [-0.2, 0) is 0 Å². The number of nitrogens with zero attached hydrogens (tertiary/aromatic N) is 2. The zero-order chi connectivity index (χ0) is 13.0. The fraction of sp³-hybridized carbons (Fsp3) is 0.533. The summed E-state index contributed by atoms with van der Waals surface area (Å²) >= 11 is 0. The lowest BCUT2D eigenvalue weighted by atomic mass is 9.95. The molecule has 4 rings (SSSR count). The molecule has 0 spiro atoms. The van der Waals surface area contributed by atoms with Crippen LogP contribution >= 0.6 is 0 Å². The van der Waals surface area contributed by atoms with Gasteiger partial charge in [0, 0.05) is 11.9 Å². The van der Waals surface area contributed by atoms with Crippen molar-refractivity contribution in [3.05, 3.63) is 18.2 Å². The van der Waals surface area contributed by atoms with Gasteiger partial charge in [0.1, 0.15) is 11.6 Å². The average molecular weight is 257 g/mol. The third-order valence-electron chi connectivity index (χ3n) is 4.75. The van der Waals surface area contributed by atoms with Crippen LogP contribution < -0.4 is 10.1 Å². The van der Waals surface area contributed by atoms with Crippen LogP contribution in [0, 0.1) is 5.41 Å². The number of hydrogen-bond donors (Lipinski definition) is 1. The highest BCUT2D eigenvalue weighted by molar-refractivity contribution is 5.91. The minimum Gasteiger partial charge on any atom is -0.497 e. The van der Waals surface area contributed by atoms with E-state index in [1.54, 1.807) is 7.11 Å². The molecule has 1 aromatic heterocycles. The summed E-state index contributed by atoms with van der Waals surface area (Å²) in [6.07, 6.45) is 3.84. The maximum atomic E-state index is 5.32. The van der Waals surface area contributed by atoms with Crippen LogP contribution in [0.15, 0.2) is 18.2 Å². The zero-order valence-electron chi connectivity index (χ0n) is 11.4. The lowest BCUT2D eigenvalue weighted by Gasteiger charge is -2.30. The molecule has 2 aliphatic rings. The largest absolute Gasteiger partial charge is 0.497 e. The van der Waals surface area contributed by atoms with Gasteiger partial charge < -0.3 is 10.1 Å². The lowest BCUT2D eigenvalue weighted by Crippen LogP contribution is -2.28. The molecule has 0 saturated heterocycles.